The number of aromatic nitrogens is 2. The number of nitrogens with two attached hydrogens (primary N) is 1. The fourth-order valence-electron chi connectivity index (χ4n) is 2.25. The molecule has 3 aromatic rings. The average Bonchev–Trinajstić information content (AvgIpc) is 2.95. The first kappa shape index (κ1) is 13.0. The Labute approximate surface area is 121 Å². The number of thiophene rings is 1. The number of hydrogen-bond acceptors (Lipinski definition) is 5. The Morgan fingerprint density at radius 2 is 2.05 bits per heavy atom. The maximum Gasteiger partial charge on any atom is 0.150 e. The van der Waals surface area contributed by atoms with E-state index in [0.29, 0.717) is 6.54 Å². The van der Waals surface area contributed by atoms with E-state index in [0.717, 1.165) is 28.1 Å². The van der Waals surface area contributed by atoms with Crippen LogP contribution in [-0.2, 0) is 13.1 Å². The Morgan fingerprint density at radius 3 is 2.90 bits per heavy atom. The Morgan fingerprint density at radius 1 is 1.20 bits per heavy atom. The van der Waals surface area contributed by atoms with Gasteiger partial charge in [0.25, 0.3) is 0 Å². The van der Waals surface area contributed by atoms with E-state index in [-0.39, 0.29) is 0 Å². The summed E-state index contributed by atoms with van der Waals surface area (Å²) in [5, 5.41) is 2.05. The summed E-state index contributed by atoms with van der Waals surface area (Å²) in [7, 11) is 2.05. The van der Waals surface area contributed by atoms with Crippen molar-refractivity contribution in [2.24, 2.45) is 5.73 Å². The summed E-state index contributed by atoms with van der Waals surface area (Å²) in [6, 6.07) is 10.4. The molecule has 0 aliphatic heterocycles. The summed E-state index contributed by atoms with van der Waals surface area (Å²) in [5.74, 6) is 0.975. The third kappa shape index (κ3) is 2.50. The SMILES string of the molecule is CN(Cc1cccc(CN)c1)c1ncnc2ccsc12. The zero-order valence-corrected chi connectivity index (χ0v) is 12.1. The van der Waals surface area contributed by atoms with Gasteiger partial charge in [0.05, 0.1) is 10.2 Å². The van der Waals surface area contributed by atoms with Gasteiger partial charge in [-0.3, -0.25) is 0 Å². The molecule has 0 aliphatic carbocycles. The molecule has 0 amide bonds. The lowest BCUT2D eigenvalue weighted by molar-refractivity contribution is 0.897. The van der Waals surface area contributed by atoms with Crippen LogP contribution in [0.15, 0.2) is 42.0 Å². The summed E-state index contributed by atoms with van der Waals surface area (Å²) < 4.78 is 1.13. The number of rotatable bonds is 4. The third-order valence-corrected chi connectivity index (χ3v) is 4.13. The first-order chi connectivity index (χ1) is 9.78. The second-order valence-electron chi connectivity index (χ2n) is 4.71. The van der Waals surface area contributed by atoms with E-state index in [4.69, 9.17) is 5.73 Å². The van der Waals surface area contributed by atoms with Crippen molar-refractivity contribution in [2.45, 2.75) is 13.1 Å². The van der Waals surface area contributed by atoms with E-state index in [2.05, 4.69) is 34.0 Å². The summed E-state index contributed by atoms with van der Waals surface area (Å²) in [6.07, 6.45) is 1.62. The topological polar surface area (TPSA) is 55.0 Å². The second kappa shape index (κ2) is 5.56. The van der Waals surface area contributed by atoms with E-state index in [1.54, 1.807) is 17.7 Å². The van der Waals surface area contributed by atoms with Gasteiger partial charge in [-0.2, -0.15) is 0 Å². The maximum absolute atomic E-state index is 5.69. The summed E-state index contributed by atoms with van der Waals surface area (Å²) >= 11 is 1.67. The fraction of sp³-hybridized carbons (Fsp3) is 0.200. The first-order valence-electron chi connectivity index (χ1n) is 6.45. The van der Waals surface area contributed by atoms with Crippen molar-refractivity contribution in [3.8, 4) is 0 Å². The quantitative estimate of drug-likeness (QED) is 0.800. The highest BCUT2D eigenvalue weighted by atomic mass is 32.1. The van der Waals surface area contributed by atoms with Crippen molar-refractivity contribution in [1.82, 2.24) is 9.97 Å². The average molecular weight is 284 g/mol. The van der Waals surface area contributed by atoms with Crippen molar-refractivity contribution in [3.05, 3.63) is 53.2 Å². The predicted octanol–water partition coefficient (Wildman–Crippen LogP) is 2.79. The molecule has 0 atom stereocenters. The van der Waals surface area contributed by atoms with Crippen molar-refractivity contribution >= 4 is 27.4 Å². The van der Waals surface area contributed by atoms with Crippen LogP contribution in [0, 0.1) is 0 Å². The largest absolute Gasteiger partial charge is 0.354 e. The van der Waals surface area contributed by atoms with E-state index in [9.17, 15) is 0 Å². The van der Waals surface area contributed by atoms with Gasteiger partial charge in [0, 0.05) is 20.1 Å². The molecule has 2 aromatic heterocycles. The van der Waals surface area contributed by atoms with Gasteiger partial charge in [-0.25, -0.2) is 9.97 Å². The molecular weight excluding hydrogens is 268 g/mol. The van der Waals surface area contributed by atoms with Crippen LogP contribution in [0.1, 0.15) is 11.1 Å². The van der Waals surface area contributed by atoms with Crippen LogP contribution in [0.3, 0.4) is 0 Å². The van der Waals surface area contributed by atoms with Gasteiger partial charge in [0.15, 0.2) is 0 Å². The van der Waals surface area contributed by atoms with Crippen molar-refractivity contribution in [2.75, 3.05) is 11.9 Å². The molecule has 0 spiro atoms. The summed E-state index contributed by atoms with van der Waals surface area (Å²) in [6.45, 7) is 1.37. The van der Waals surface area contributed by atoms with Gasteiger partial charge < -0.3 is 10.6 Å². The highest BCUT2D eigenvalue weighted by molar-refractivity contribution is 7.17. The maximum atomic E-state index is 5.69. The van der Waals surface area contributed by atoms with Crippen LogP contribution >= 0.6 is 11.3 Å². The predicted molar refractivity (Wildman–Crippen MR) is 83.9 cm³/mol. The van der Waals surface area contributed by atoms with Gasteiger partial charge in [-0.1, -0.05) is 24.3 Å². The number of hydrogen-bond donors (Lipinski definition) is 1. The lowest BCUT2D eigenvalue weighted by Crippen LogP contribution is -2.18. The van der Waals surface area contributed by atoms with E-state index in [1.165, 1.54) is 5.56 Å². The van der Waals surface area contributed by atoms with E-state index in [1.807, 2.05) is 23.6 Å². The van der Waals surface area contributed by atoms with Gasteiger partial charge >= 0.3 is 0 Å². The van der Waals surface area contributed by atoms with Crippen molar-refractivity contribution in [3.63, 3.8) is 0 Å². The highest BCUT2D eigenvalue weighted by Crippen LogP contribution is 2.27. The zero-order chi connectivity index (χ0) is 13.9. The van der Waals surface area contributed by atoms with Crippen molar-refractivity contribution in [1.29, 1.82) is 0 Å². The van der Waals surface area contributed by atoms with Crippen LogP contribution in [0.2, 0.25) is 0 Å². The van der Waals surface area contributed by atoms with Gasteiger partial charge in [0.2, 0.25) is 0 Å². The summed E-state index contributed by atoms with van der Waals surface area (Å²) in [5.41, 5.74) is 9.08. The molecule has 0 saturated carbocycles. The number of benzene rings is 1. The Bertz CT molecular complexity index is 722. The summed E-state index contributed by atoms with van der Waals surface area (Å²) in [4.78, 5) is 10.8. The Balaban J connectivity index is 1.88. The fourth-order valence-corrected chi connectivity index (χ4v) is 3.14. The molecule has 4 nitrogen and oxygen atoms in total. The van der Waals surface area contributed by atoms with E-state index >= 15 is 0 Å². The zero-order valence-electron chi connectivity index (χ0n) is 11.3. The minimum atomic E-state index is 0.570. The second-order valence-corrected chi connectivity index (χ2v) is 5.63. The number of nitrogens with zero attached hydrogens (tertiary/aromatic N) is 3. The number of anilines is 1. The van der Waals surface area contributed by atoms with Gasteiger partial charge in [-0.15, -0.1) is 11.3 Å². The minimum Gasteiger partial charge on any atom is -0.354 e. The van der Waals surface area contributed by atoms with Gasteiger partial charge in [0.1, 0.15) is 12.1 Å². The first-order valence-corrected chi connectivity index (χ1v) is 7.33. The minimum absolute atomic E-state index is 0.570. The standard InChI is InChI=1S/C15H16N4S/c1-19(9-12-4-2-3-11(7-12)8-16)15-14-13(5-6-20-14)17-10-18-15/h2-7,10H,8-9,16H2,1H3. The molecule has 0 saturated heterocycles. The van der Waals surface area contributed by atoms with Gasteiger partial charge in [-0.05, 0) is 22.6 Å². The molecule has 1 aromatic carbocycles. The smallest absolute Gasteiger partial charge is 0.150 e. The van der Waals surface area contributed by atoms with Crippen LogP contribution in [0.5, 0.6) is 0 Å². The lowest BCUT2D eigenvalue weighted by atomic mass is 10.1. The highest BCUT2D eigenvalue weighted by Gasteiger charge is 2.10. The molecule has 0 bridgehead atoms. The molecule has 20 heavy (non-hydrogen) atoms. The lowest BCUT2D eigenvalue weighted by Gasteiger charge is -2.19. The monoisotopic (exact) mass is 284 g/mol. The molecule has 3 rings (SSSR count). The molecule has 0 aliphatic rings. The molecule has 5 heteroatoms. The molecule has 0 unspecified atom stereocenters. The van der Waals surface area contributed by atoms with Crippen LogP contribution in [0.4, 0.5) is 5.82 Å². The number of fused-ring (bicyclic) bond motifs is 1. The van der Waals surface area contributed by atoms with Crippen LogP contribution in [-0.4, -0.2) is 17.0 Å². The van der Waals surface area contributed by atoms with Crippen LogP contribution in [0.25, 0.3) is 10.2 Å². The molecule has 102 valence electrons. The third-order valence-electron chi connectivity index (χ3n) is 3.23. The van der Waals surface area contributed by atoms with Crippen LogP contribution < -0.4 is 10.6 Å². The molecule has 2 N–H and O–H groups in total. The molecule has 0 radical (unpaired) electrons. The Kier molecular flexibility index (Phi) is 3.62. The molecule has 2 heterocycles. The Hall–Kier alpha value is -1.98. The molecule has 0 fully saturated rings. The molecular formula is C15H16N4S. The van der Waals surface area contributed by atoms with Crippen molar-refractivity contribution < 1.29 is 0 Å². The normalized spacial score (nSPS) is 10.9. The van der Waals surface area contributed by atoms with E-state index < -0.39 is 0 Å².